The Morgan fingerprint density at radius 2 is 1.88 bits per heavy atom. The fourth-order valence-electron chi connectivity index (χ4n) is 5.54. The number of hydrogen-bond donors (Lipinski definition) is 3. The van der Waals surface area contributed by atoms with Crippen molar-refractivity contribution in [3.05, 3.63) is 65.1 Å². The van der Waals surface area contributed by atoms with Gasteiger partial charge in [0.1, 0.15) is 11.9 Å². The van der Waals surface area contributed by atoms with E-state index in [0.717, 1.165) is 12.1 Å². The van der Waals surface area contributed by atoms with Gasteiger partial charge < -0.3 is 25.2 Å². The fourth-order valence-corrected chi connectivity index (χ4v) is 5.54. The Morgan fingerprint density at radius 3 is 2.50 bits per heavy atom. The molecule has 0 spiro atoms. The van der Waals surface area contributed by atoms with Gasteiger partial charge in [0.2, 0.25) is 0 Å². The van der Waals surface area contributed by atoms with Gasteiger partial charge in [0, 0.05) is 53.6 Å². The van der Waals surface area contributed by atoms with E-state index in [4.69, 9.17) is 4.74 Å². The molecule has 3 aromatic rings. The van der Waals surface area contributed by atoms with Crippen molar-refractivity contribution in [2.75, 3.05) is 38.6 Å². The Kier molecular flexibility index (Phi) is 9.47. The number of likely N-dealkylation sites (tertiary alicyclic amines) is 1. The molecule has 1 aromatic heterocycles. The maximum Gasteiger partial charge on any atom is 0.303 e. The monoisotopic (exact) mass is 563 g/mol. The quantitative estimate of drug-likeness (QED) is 0.195. The Hall–Kier alpha value is -3.44. The molecule has 1 aliphatic rings. The number of aliphatic hydroxyl groups excluding tert-OH is 1. The van der Waals surface area contributed by atoms with E-state index in [2.05, 4.69) is 15.2 Å². The number of rotatable bonds is 12. The highest BCUT2D eigenvalue weighted by molar-refractivity contribution is 5.85. The zero-order chi connectivity index (χ0) is 28.9. The molecule has 1 fully saturated rings. The van der Waals surface area contributed by atoms with Crippen LogP contribution >= 0.6 is 0 Å². The number of fused-ring (bicyclic) bond motifs is 1. The number of aliphatic carboxylic acids is 1. The van der Waals surface area contributed by atoms with Crippen LogP contribution < -0.4 is 10.1 Å². The minimum atomic E-state index is -1.52. The highest BCUT2D eigenvalue weighted by Gasteiger charge is 2.37. The molecular formula is C29H33F4N3O4. The van der Waals surface area contributed by atoms with Crippen molar-refractivity contribution >= 4 is 22.6 Å². The Balaban J connectivity index is 1.40. The van der Waals surface area contributed by atoms with Gasteiger partial charge in [-0.15, -0.1) is 0 Å². The number of hydrogen-bond acceptors (Lipinski definition) is 6. The van der Waals surface area contributed by atoms with E-state index in [-0.39, 0.29) is 25.1 Å². The summed E-state index contributed by atoms with van der Waals surface area (Å²) in [6, 6.07) is 6.93. The van der Waals surface area contributed by atoms with Crippen molar-refractivity contribution in [1.29, 1.82) is 0 Å². The fraction of sp³-hybridized carbons (Fsp3) is 0.448. The Labute approximate surface area is 229 Å². The lowest BCUT2D eigenvalue weighted by molar-refractivity contribution is -0.141. The van der Waals surface area contributed by atoms with Gasteiger partial charge in [0.15, 0.2) is 17.5 Å². The molecule has 4 rings (SSSR count). The lowest BCUT2D eigenvalue weighted by atomic mass is 9.71. The number of nitrogens with one attached hydrogen (secondary N) is 1. The molecule has 7 nitrogen and oxygen atoms in total. The highest BCUT2D eigenvalue weighted by atomic mass is 19.2. The first-order valence-electron chi connectivity index (χ1n) is 13.2. The second-order valence-corrected chi connectivity index (χ2v) is 10.3. The van der Waals surface area contributed by atoms with Gasteiger partial charge >= 0.3 is 5.97 Å². The summed E-state index contributed by atoms with van der Waals surface area (Å²) in [6.07, 6.45) is 1.46. The summed E-state index contributed by atoms with van der Waals surface area (Å²) < 4.78 is 61.2. The van der Waals surface area contributed by atoms with Crippen LogP contribution in [-0.2, 0) is 11.4 Å². The van der Waals surface area contributed by atoms with Gasteiger partial charge in [-0.1, -0.05) is 0 Å². The summed E-state index contributed by atoms with van der Waals surface area (Å²) in [5.74, 6) is -4.46. The zero-order valence-corrected chi connectivity index (χ0v) is 22.2. The molecule has 2 aromatic carbocycles. The number of piperidine rings is 1. The number of pyridine rings is 1. The molecule has 0 bridgehead atoms. The van der Waals surface area contributed by atoms with Crippen molar-refractivity contribution in [3.8, 4) is 5.75 Å². The summed E-state index contributed by atoms with van der Waals surface area (Å²) in [6.45, 7) is 1.66. The first-order valence-corrected chi connectivity index (χ1v) is 13.2. The second-order valence-electron chi connectivity index (χ2n) is 10.3. The number of halogens is 4. The number of carboxylic acid groups (broad SMARTS) is 1. The van der Waals surface area contributed by atoms with Gasteiger partial charge in [-0.25, -0.2) is 17.6 Å². The number of methoxy groups -OCH3 is 1. The third-order valence-electron chi connectivity index (χ3n) is 7.79. The number of carbonyl (C=O) groups is 1. The van der Waals surface area contributed by atoms with E-state index in [1.807, 2.05) is 0 Å². The number of aliphatic hydroxyl groups is 1. The first-order chi connectivity index (χ1) is 19.1. The van der Waals surface area contributed by atoms with Crippen molar-refractivity contribution in [2.24, 2.45) is 5.41 Å². The number of ether oxygens (including phenoxy) is 1. The van der Waals surface area contributed by atoms with Crippen LogP contribution in [0.15, 0.2) is 36.5 Å². The summed E-state index contributed by atoms with van der Waals surface area (Å²) in [4.78, 5) is 18.2. The van der Waals surface area contributed by atoms with Gasteiger partial charge in [-0.05, 0) is 62.4 Å². The first kappa shape index (κ1) is 29.5. The van der Waals surface area contributed by atoms with E-state index in [1.54, 1.807) is 18.2 Å². The number of nitrogens with zero attached hydrogens (tertiary/aromatic N) is 2. The molecule has 0 unspecified atom stereocenters. The number of benzene rings is 2. The van der Waals surface area contributed by atoms with Gasteiger partial charge in [0.05, 0.1) is 25.7 Å². The van der Waals surface area contributed by atoms with Crippen molar-refractivity contribution in [1.82, 2.24) is 9.88 Å². The van der Waals surface area contributed by atoms with Gasteiger partial charge in [-0.2, -0.15) is 0 Å². The molecule has 1 aliphatic heterocycles. The topological polar surface area (TPSA) is 94.9 Å². The molecule has 0 aliphatic carbocycles. The van der Waals surface area contributed by atoms with Crippen LogP contribution in [0.25, 0.3) is 10.9 Å². The average molecular weight is 564 g/mol. The predicted octanol–water partition coefficient (Wildman–Crippen LogP) is 5.61. The molecule has 40 heavy (non-hydrogen) atoms. The van der Waals surface area contributed by atoms with Gasteiger partial charge in [-0.3, -0.25) is 9.78 Å². The maximum atomic E-state index is 15.9. The highest BCUT2D eigenvalue weighted by Crippen LogP contribution is 2.43. The third-order valence-corrected chi connectivity index (χ3v) is 7.79. The predicted molar refractivity (Wildman–Crippen MR) is 142 cm³/mol. The van der Waals surface area contributed by atoms with E-state index >= 15 is 4.39 Å². The number of anilines is 1. The summed E-state index contributed by atoms with van der Waals surface area (Å²) in [5.41, 5.74) is 0.830. The molecule has 1 atom stereocenters. The van der Waals surface area contributed by atoms with E-state index in [0.29, 0.717) is 73.2 Å². The Morgan fingerprint density at radius 1 is 1.18 bits per heavy atom. The molecule has 0 amide bonds. The number of aromatic nitrogens is 1. The van der Waals surface area contributed by atoms with Crippen molar-refractivity contribution in [3.63, 3.8) is 0 Å². The molecule has 3 N–H and O–H groups in total. The third kappa shape index (κ3) is 6.82. The second kappa shape index (κ2) is 12.8. The standard InChI is InChI=1S/C29H33F4N3O4/c1-40-20-2-3-25-21(14-20)27(18(17-37)16-35-25)22(30)4-5-29(15-26(38)39)6-9-36(10-7-29)11-8-34-19-12-23(31)28(33)24(32)13-19/h2-3,12-14,16,22,34,37H,4-11,15,17H2,1H3,(H,38,39)/t22-/m0/s1. The Bertz CT molecular complexity index is 1320. The lowest BCUT2D eigenvalue weighted by Crippen LogP contribution is -2.43. The molecule has 11 heteroatoms. The lowest BCUT2D eigenvalue weighted by Gasteiger charge is -2.41. The smallest absolute Gasteiger partial charge is 0.303 e. The van der Waals surface area contributed by atoms with Gasteiger partial charge in [0.25, 0.3) is 0 Å². The molecular weight excluding hydrogens is 530 g/mol. The normalized spacial score (nSPS) is 16.1. The summed E-state index contributed by atoms with van der Waals surface area (Å²) >= 11 is 0. The largest absolute Gasteiger partial charge is 0.497 e. The molecule has 0 radical (unpaired) electrons. The van der Waals surface area contributed by atoms with Crippen LogP contribution in [0.3, 0.4) is 0 Å². The molecule has 2 heterocycles. The van der Waals surface area contributed by atoms with Crippen LogP contribution in [-0.4, -0.2) is 59.4 Å². The van der Waals surface area contributed by atoms with E-state index in [9.17, 15) is 28.2 Å². The summed E-state index contributed by atoms with van der Waals surface area (Å²) in [7, 11) is 1.51. The van der Waals surface area contributed by atoms with Crippen LogP contribution in [0.1, 0.15) is 49.4 Å². The number of carboxylic acids is 1. The van der Waals surface area contributed by atoms with Crippen LogP contribution in [0.2, 0.25) is 0 Å². The minimum absolute atomic E-state index is 0.0832. The molecule has 0 saturated carbocycles. The SMILES string of the molecule is COc1ccc2ncc(CO)c([C@@H](F)CCC3(CC(=O)O)CCN(CCNc4cc(F)c(F)c(F)c4)CC3)c2c1. The summed E-state index contributed by atoms with van der Waals surface area (Å²) in [5, 5.41) is 22.9. The average Bonchev–Trinajstić information content (AvgIpc) is 2.94. The van der Waals surface area contributed by atoms with E-state index in [1.165, 1.54) is 13.3 Å². The van der Waals surface area contributed by atoms with Crippen LogP contribution in [0.4, 0.5) is 23.2 Å². The van der Waals surface area contributed by atoms with Crippen LogP contribution in [0, 0.1) is 22.9 Å². The number of alkyl halides is 1. The zero-order valence-electron chi connectivity index (χ0n) is 22.2. The minimum Gasteiger partial charge on any atom is -0.497 e. The van der Waals surface area contributed by atoms with Crippen molar-refractivity contribution in [2.45, 2.75) is 44.9 Å². The van der Waals surface area contributed by atoms with Crippen LogP contribution in [0.5, 0.6) is 5.75 Å². The molecule has 1 saturated heterocycles. The van der Waals surface area contributed by atoms with Crippen molar-refractivity contribution < 1.29 is 37.3 Å². The van der Waals surface area contributed by atoms with E-state index < -0.39 is 35.0 Å². The molecule has 216 valence electrons. The maximum absolute atomic E-state index is 15.9.